The molecule has 0 aliphatic heterocycles. The number of carbonyl (C=O) groups excluding carboxylic acids is 1. The Morgan fingerprint density at radius 3 is 2.24 bits per heavy atom. The van der Waals surface area contributed by atoms with Gasteiger partial charge in [-0.2, -0.15) is 0 Å². The van der Waals surface area contributed by atoms with Gasteiger partial charge in [0.2, 0.25) is 0 Å². The lowest BCUT2D eigenvalue weighted by Gasteiger charge is -2.17. The van der Waals surface area contributed by atoms with Crippen LogP contribution in [0.3, 0.4) is 0 Å². The first kappa shape index (κ1) is 20.3. The lowest BCUT2D eigenvalue weighted by Crippen LogP contribution is -2.30. The van der Waals surface area contributed by atoms with Crippen molar-refractivity contribution in [3.05, 3.63) is 84.4 Å². The fourth-order valence-corrected chi connectivity index (χ4v) is 2.63. The molecule has 1 amide bonds. The monoisotopic (exact) mass is 391 g/mol. The molecule has 0 spiro atoms. The van der Waals surface area contributed by atoms with Gasteiger partial charge < -0.3 is 19.5 Å². The number of nitrogens with one attached hydrogen (secondary N) is 1. The third-order valence-corrected chi connectivity index (χ3v) is 4.20. The van der Waals surface area contributed by atoms with E-state index in [-0.39, 0.29) is 5.91 Å². The number of para-hydroxylation sites is 3. The number of amides is 1. The molecule has 5 nitrogen and oxygen atoms in total. The molecule has 1 atom stereocenters. The van der Waals surface area contributed by atoms with Gasteiger partial charge in [-0.25, -0.2) is 0 Å². The second-order valence-electron chi connectivity index (χ2n) is 6.57. The first-order valence-corrected chi connectivity index (χ1v) is 9.55. The molecule has 3 aromatic carbocycles. The van der Waals surface area contributed by atoms with Gasteiger partial charge in [-0.15, -0.1) is 0 Å². The van der Waals surface area contributed by atoms with Crippen molar-refractivity contribution in [2.75, 3.05) is 18.5 Å². The van der Waals surface area contributed by atoms with E-state index in [2.05, 4.69) is 5.32 Å². The minimum atomic E-state index is -0.646. The summed E-state index contributed by atoms with van der Waals surface area (Å²) in [5.41, 5.74) is 1.73. The lowest BCUT2D eigenvalue weighted by molar-refractivity contribution is -0.122. The maximum absolute atomic E-state index is 12.5. The highest BCUT2D eigenvalue weighted by Gasteiger charge is 2.16. The second-order valence-corrected chi connectivity index (χ2v) is 6.57. The van der Waals surface area contributed by atoms with Gasteiger partial charge in [0, 0.05) is 0 Å². The molecule has 29 heavy (non-hydrogen) atoms. The van der Waals surface area contributed by atoms with Crippen molar-refractivity contribution in [3.63, 3.8) is 0 Å². The van der Waals surface area contributed by atoms with Crippen LogP contribution in [0.25, 0.3) is 0 Å². The molecule has 0 aromatic heterocycles. The molecule has 3 aromatic rings. The van der Waals surface area contributed by atoms with E-state index in [4.69, 9.17) is 14.2 Å². The summed E-state index contributed by atoms with van der Waals surface area (Å²) in [6.07, 6.45) is -0.646. The van der Waals surface area contributed by atoms with E-state index in [1.807, 2.05) is 79.7 Å². The quantitative estimate of drug-likeness (QED) is 0.529. The first-order chi connectivity index (χ1) is 14.1. The Balaban J connectivity index is 1.52. The molecule has 3 rings (SSSR count). The molecule has 0 bridgehead atoms. The summed E-state index contributed by atoms with van der Waals surface area (Å²) >= 11 is 0. The van der Waals surface area contributed by atoms with E-state index in [9.17, 15) is 4.79 Å². The number of anilines is 1. The highest BCUT2D eigenvalue weighted by Crippen LogP contribution is 2.24. The predicted octanol–water partition coefficient (Wildman–Crippen LogP) is 4.86. The van der Waals surface area contributed by atoms with Crippen LogP contribution >= 0.6 is 0 Å². The summed E-state index contributed by atoms with van der Waals surface area (Å²) in [6.45, 7) is 4.48. The Hall–Kier alpha value is -3.47. The van der Waals surface area contributed by atoms with E-state index in [1.54, 1.807) is 13.0 Å². The number of ether oxygens (including phenoxy) is 3. The fraction of sp³-hybridized carbons (Fsp3) is 0.208. The maximum Gasteiger partial charge on any atom is 0.265 e. The summed E-state index contributed by atoms with van der Waals surface area (Å²) in [7, 11) is 0. The zero-order valence-corrected chi connectivity index (χ0v) is 16.6. The number of hydrogen-bond donors (Lipinski definition) is 1. The summed E-state index contributed by atoms with van der Waals surface area (Å²) in [6, 6.07) is 24.4. The van der Waals surface area contributed by atoms with Crippen LogP contribution in [-0.2, 0) is 4.79 Å². The normalized spacial score (nSPS) is 11.4. The Labute approximate surface area is 171 Å². The van der Waals surface area contributed by atoms with Crippen molar-refractivity contribution in [1.82, 2.24) is 0 Å². The van der Waals surface area contributed by atoms with Crippen LogP contribution in [0.1, 0.15) is 12.5 Å². The Kier molecular flexibility index (Phi) is 7.11. The zero-order valence-electron chi connectivity index (χ0n) is 16.6. The van der Waals surface area contributed by atoms with Crippen molar-refractivity contribution >= 4 is 11.6 Å². The molecule has 0 fully saturated rings. The van der Waals surface area contributed by atoms with Crippen LogP contribution in [-0.4, -0.2) is 25.2 Å². The minimum absolute atomic E-state index is 0.248. The predicted molar refractivity (Wildman–Crippen MR) is 114 cm³/mol. The van der Waals surface area contributed by atoms with E-state index in [0.29, 0.717) is 30.4 Å². The smallest absolute Gasteiger partial charge is 0.265 e. The molecule has 0 saturated heterocycles. The summed E-state index contributed by atoms with van der Waals surface area (Å²) < 4.78 is 17.1. The molecule has 0 heterocycles. The van der Waals surface area contributed by atoms with Crippen LogP contribution in [0.2, 0.25) is 0 Å². The van der Waals surface area contributed by atoms with Gasteiger partial charge in [-0.3, -0.25) is 4.79 Å². The standard InChI is InChI=1S/C24H25NO4/c1-18-12-14-21(15-13-18)29-19(2)24(26)25-22-10-6-7-11-23(22)28-17-16-27-20-8-4-3-5-9-20/h3-15,19H,16-17H2,1-2H3,(H,25,26). The Bertz CT molecular complexity index is 910. The third kappa shape index (κ3) is 6.28. The molecule has 5 heteroatoms. The Morgan fingerprint density at radius 1 is 0.828 bits per heavy atom. The van der Waals surface area contributed by atoms with E-state index in [1.165, 1.54) is 0 Å². The van der Waals surface area contributed by atoms with Crippen molar-refractivity contribution in [2.45, 2.75) is 20.0 Å². The molecule has 1 unspecified atom stereocenters. The Morgan fingerprint density at radius 2 is 1.48 bits per heavy atom. The molecule has 0 aliphatic rings. The highest BCUT2D eigenvalue weighted by atomic mass is 16.5. The molecular weight excluding hydrogens is 366 g/mol. The highest BCUT2D eigenvalue weighted by molar-refractivity contribution is 5.95. The number of hydrogen-bond acceptors (Lipinski definition) is 4. The SMILES string of the molecule is Cc1ccc(OC(C)C(=O)Nc2ccccc2OCCOc2ccccc2)cc1. The van der Waals surface area contributed by atoms with Crippen molar-refractivity contribution in [1.29, 1.82) is 0 Å². The van der Waals surface area contributed by atoms with E-state index in [0.717, 1.165) is 11.3 Å². The number of rotatable bonds is 9. The van der Waals surface area contributed by atoms with Crippen LogP contribution in [0.4, 0.5) is 5.69 Å². The maximum atomic E-state index is 12.5. The molecule has 1 N–H and O–H groups in total. The lowest BCUT2D eigenvalue weighted by atomic mass is 10.2. The molecular formula is C24H25NO4. The number of benzene rings is 3. The number of aryl methyl sites for hydroxylation is 1. The van der Waals surface area contributed by atoms with Crippen molar-refractivity contribution in [3.8, 4) is 17.2 Å². The fourth-order valence-electron chi connectivity index (χ4n) is 2.63. The van der Waals surface area contributed by atoms with Gasteiger partial charge in [0.05, 0.1) is 5.69 Å². The van der Waals surface area contributed by atoms with E-state index >= 15 is 0 Å². The molecule has 0 aliphatic carbocycles. The van der Waals surface area contributed by atoms with Gasteiger partial charge in [0.1, 0.15) is 30.5 Å². The van der Waals surface area contributed by atoms with Gasteiger partial charge >= 0.3 is 0 Å². The van der Waals surface area contributed by atoms with Gasteiger partial charge in [0.15, 0.2) is 6.10 Å². The average Bonchev–Trinajstić information content (AvgIpc) is 2.74. The largest absolute Gasteiger partial charge is 0.490 e. The first-order valence-electron chi connectivity index (χ1n) is 9.55. The second kappa shape index (κ2) is 10.2. The van der Waals surface area contributed by atoms with Gasteiger partial charge in [-0.1, -0.05) is 48.0 Å². The summed E-state index contributed by atoms with van der Waals surface area (Å²) in [4.78, 5) is 12.5. The summed E-state index contributed by atoms with van der Waals surface area (Å²) in [5.74, 6) is 1.78. The van der Waals surface area contributed by atoms with Crippen LogP contribution in [0, 0.1) is 6.92 Å². The summed E-state index contributed by atoms with van der Waals surface area (Å²) in [5, 5.41) is 2.87. The topological polar surface area (TPSA) is 56.8 Å². The van der Waals surface area contributed by atoms with Crippen molar-refractivity contribution < 1.29 is 19.0 Å². The third-order valence-electron chi connectivity index (χ3n) is 4.20. The minimum Gasteiger partial charge on any atom is -0.490 e. The van der Waals surface area contributed by atoms with E-state index < -0.39 is 6.10 Å². The molecule has 0 saturated carbocycles. The van der Waals surface area contributed by atoms with Crippen molar-refractivity contribution in [2.24, 2.45) is 0 Å². The molecule has 150 valence electrons. The van der Waals surface area contributed by atoms with Gasteiger partial charge in [-0.05, 0) is 50.2 Å². The van der Waals surface area contributed by atoms with Crippen LogP contribution < -0.4 is 19.5 Å². The number of carbonyl (C=O) groups is 1. The van der Waals surface area contributed by atoms with Gasteiger partial charge in [0.25, 0.3) is 5.91 Å². The molecule has 0 radical (unpaired) electrons. The van der Waals surface area contributed by atoms with Crippen LogP contribution in [0.15, 0.2) is 78.9 Å². The zero-order chi connectivity index (χ0) is 20.5. The average molecular weight is 391 g/mol. The van der Waals surface area contributed by atoms with Crippen LogP contribution in [0.5, 0.6) is 17.2 Å².